The second kappa shape index (κ2) is 11.5. The number of halogens is 3. The summed E-state index contributed by atoms with van der Waals surface area (Å²) >= 11 is 0. The Morgan fingerprint density at radius 2 is 1.67 bits per heavy atom. The molecule has 188 valence electrons. The standard InChI is InChI=1S/C30H29F3O3/c1-3-5-19-6-8-21(9-7-19)25-16-17-27(29(33)28(25)32)36-30(34)22-12-10-20(11-13-22)24-15-14-23(35-4-2)18-26(24)31/h3,5-9,14-18,20,22H,4,10-13H2,1-2H3/b5-3+. The lowest BCUT2D eigenvalue weighted by atomic mass is 9.78. The molecular formula is C30H29F3O3. The molecule has 1 aliphatic rings. The first-order valence-corrected chi connectivity index (χ1v) is 12.3. The Bertz CT molecular complexity index is 1240. The van der Waals surface area contributed by atoms with E-state index in [0.717, 1.165) is 5.56 Å². The van der Waals surface area contributed by atoms with Gasteiger partial charge in [0.15, 0.2) is 11.6 Å². The summed E-state index contributed by atoms with van der Waals surface area (Å²) in [5, 5.41) is 0. The third-order valence-electron chi connectivity index (χ3n) is 6.62. The molecule has 1 aliphatic carbocycles. The van der Waals surface area contributed by atoms with E-state index in [-0.39, 0.29) is 17.3 Å². The molecule has 3 aromatic rings. The second-order valence-corrected chi connectivity index (χ2v) is 8.95. The van der Waals surface area contributed by atoms with Crippen LogP contribution < -0.4 is 9.47 Å². The van der Waals surface area contributed by atoms with E-state index in [1.54, 1.807) is 24.3 Å². The first-order chi connectivity index (χ1) is 17.4. The summed E-state index contributed by atoms with van der Waals surface area (Å²) in [6.07, 6.45) is 5.97. The summed E-state index contributed by atoms with van der Waals surface area (Å²) in [7, 11) is 0. The molecule has 1 saturated carbocycles. The first-order valence-electron chi connectivity index (χ1n) is 12.3. The molecule has 0 unspecified atom stereocenters. The van der Waals surface area contributed by atoms with Gasteiger partial charge in [-0.15, -0.1) is 0 Å². The molecule has 0 heterocycles. The van der Waals surface area contributed by atoms with E-state index in [9.17, 15) is 18.0 Å². The fourth-order valence-corrected chi connectivity index (χ4v) is 4.73. The topological polar surface area (TPSA) is 35.5 Å². The molecule has 1 fully saturated rings. The third kappa shape index (κ3) is 5.64. The fraction of sp³-hybridized carbons (Fsp3) is 0.300. The number of esters is 1. The Balaban J connectivity index is 1.39. The summed E-state index contributed by atoms with van der Waals surface area (Å²) in [5.74, 6) is -3.57. The zero-order chi connectivity index (χ0) is 25.7. The molecule has 3 nitrogen and oxygen atoms in total. The highest BCUT2D eigenvalue weighted by Gasteiger charge is 2.30. The lowest BCUT2D eigenvalue weighted by Crippen LogP contribution is -2.25. The van der Waals surface area contributed by atoms with Crippen molar-refractivity contribution in [2.75, 3.05) is 6.61 Å². The van der Waals surface area contributed by atoms with Crippen molar-refractivity contribution in [2.45, 2.75) is 45.4 Å². The number of carbonyl (C=O) groups is 1. The van der Waals surface area contributed by atoms with E-state index in [1.807, 2.05) is 38.1 Å². The van der Waals surface area contributed by atoms with Gasteiger partial charge < -0.3 is 9.47 Å². The molecule has 3 aromatic carbocycles. The van der Waals surface area contributed by atoms with Crippen LogP contribution in [0.4, 0.5) is 13.2 Å². The summed E-state index contributed by atoms with van der Waals surface area (Å²) in [4.78, 5) is 12.7. The van der Waals surface area contributed by atoms with Crippen molar-refractivity contribution in [3.63, 3.8) is 0 Å². The van der Waals surface area contributed by atoms with Gasteiger partial charge in [0.2, 0.25) is 5.82 Å². The molecule has 0 atom stereocenters. The minimum absolute atomic E-state index is 0.0163. The van der Waals surface area contributed by atoms with Crippen LogP contribution in [0.1, 0.15) is 56.6 Å². The molecule has 0 aromatic heterocycles. The number of carbonyl (C=O) groups excluding carboxylic acids is 1. The average molecular weight is 495 g/mol. The molecule has 4 rings (SSSR count). The minimum atomic E-state index is -1.19. The van der Waals surface area contributed by atoms with Crippen molar-refractivity contribution in [3.05, 3.63) is 89.3 Å². The third-order valence-corrected chi connectivity index (χ3v) is 6.62. The van der Waals surface area contributed by atoms with Crippen LogP contribution in [0.5, 0.6) is 11.5 Å². The van der Waals surface area contributed by atoms with Crippen LogP contribution in [0.25, 0.3) is 17.2 Å². The van der Waals surface area contributed by atoms with E-state index < -0.39 is 29.3 Å². The van der Waals surface area contributed by atoms with Crippen LogP contribution >= 0.6 is 0 Å². The maximum absolute atomic E-state index is 14.8. The van der Waals surface area contributed by atoms with Crippen LogP contribution in [0.3, 0.4) is 0 Å². The fourth-order valence-electron chi connectivity index (χ4n) is 4.73. The molecule has 0 radical (unpaired) electrons. The molecule has 0 N–H and O–H groups in total. The Labute approximate surface area is 209 Å². The normalized spacial score (nSPS) is 17.8. The molecule has 0 saturated heterocycles. The van der Waals surface area contributed by atoms with Crippen molar-refractivity contribution in [2.24, 2.45) is 5.92 Å². The molecule has 0 bridgehead atoms. The van der Waals surface area contributed by atoms with E-state index >= 15 is 0 Å². The van der Waals surface area contributed by atoms with Gasteiger partial charge in [0.1, 0.15) is 11.6 Å². The Morgan fingerprint density at radius 1 is 0.944 bits per heavy atom. The summed E-state index contributed by atoms with van der Waals surface area (Å²) in [5.41, 5.74) is 2.18. The van der Waals surface area contributed by atoms with Gasteiger partial charge >= 0.3 is 5.97 Å². The van der Waals surface area contributed by atoms with Crippen molar-refractivity contribution in [1.29, 1.82) is 0 Å². The van der Waals surface area contributed by atoms with Gasteiger partial charge in [-0.1, -0.05) is 42.5 Å². The maximum Gasteiger partial charge on any atom is 0.314 e. The largest absolute Gasteiger partial charge is 0.494 e. The molecule has 0 aliphatic heterocycles. The van der Waals surface area contributed by atoms with Gasteiger partial charge in [0.05, 0.1) is 12.5 Å². The highest BCUT2D eigenvalue weighted by Crippen LogP contribution is 2.39. The van der Waals surface area contributed by atoms with E-state index in [1.165, 1.54) is 18.2 Å². The predicted octanol–water partition coefficient (Wildman–Crippen LogP) is 8.08. The number of ether oxygens (including phenoxy) is 2. The summed E-state index contributed by atoms with van der Waals surface area (Å²) < 4.78 is 54.7. The lowest BCUT2D eigenvalue weighted by molar-refractivity contribution is -0.140. The number of benzene rings is 3. The summed E-state index contributed by atoms with van der Waals surface area (Å²) in [6, 6.07) is 14.6. The highest BCUT2D eigenvalue weighted by atomic mass is 19.2. The van der Waals surface area contributed by atoms with E-state index in [2.05, 4.69) is 0 Å². The minimum Gasteiger partial charge on any atom is -0.494 e. The van der Waals surface area contributed by atoms with Gasteiger partial charge in [-0.3, -0.25) is 4.79 Å². The Morgan fingerprint density at radius 3 is 2.31 bits per heavy atom. The number of hydrogen-bond donors (Lipinski definition) is 0. The van der Waals surface area contributed by atoms with Crippen LogP contribution in [0, 0.1) is 23.4 Å². The second-order valence-electron chi connectivity index (χ2n) is 8.95. The zero-order valence-electron chi connectivity index (χ0n) is 20.4. The molecule has 0 spiro atoms. The van der Waals surface area contributed by atoms with E-state index in [4.69, 9.17) is 9.47 Å². The van der Waals surface area contributed by atoms with Gasteiger partial charge in [-0.2, -0.15) is 4.39 Å². The van der Waals surface area contributed by atoms with Gasteiger partial charge in [-0.05, 0) is 80.3 Å². The van der Waals surface area contributed by atoms with Crippen molar-refractivity contribution in [3.8, 4) is 22.6 Å². The van der Waals surface area contributed by atoms with Gasteiger partial charge in [-0.25, -0.2) is 8.78 Å². The quantitative estimate of drug-likeness (QED) is 0.246. The number of allylic oxidation sites excluding steroid dienone is 1. The molecule has 0 amide bonds. The number of rotatable bonds is 7. The Hall–Kier alpha value is -3.54. The smallest absolute Gasteiger partial charge is 0.314 e. The van der Waals surface area contributed by atoms with Crippen LogP contribution in [-0.2, 0) is 4.79 Å². The van der Waals surface area contributed by atoms with Gasteiger partial charge in [0.25, 0.3) is 0 Å². The SMILES string of the molecule is C/C=C/c1ccc(-c2ccc(OC(=O)C3CCC(c4ccc(OCC)cc4F)CC3)c(F)c2F)cc1. The highest BCUT2D eigenvalue weighted by molar-refractivity contribution is 5.76. The lowest BCUT2D eigenvalue weighted by Gasteiger charge is -2.28. The maximum atomic E-state index is 14.8. The van der Waals surface area contributed by atoms with Crippen LogP contribution in [0.15, 0.2) is 60.7 Å². The van der Waals surface area contributed by atoms with E-state index in [0.29, 0.717) is 49.2 Å². The molecular weight excluding hydrogens is 465 g/mol. The van der Waals surface area contributed by atoms with Crippen molar-refractivity contribution in [1.82, 2.24) is 0 Å². The zero-order valence-corrected chi connectivity index (χ0v) is 20.4. The van der Waals surface area contributed by atoms with Crippen molar-refractivity contribution >= 4 is 12.0 Å². The monoisotopic (exact) mass is 494 g/mol. The predicted molar refractivity (Wildman–Crippen MR) is 134 cm³/mol. The van der Waals surface area contributed by atoms with Gasteiger partial charge in [0, 0.05) is 11.6 Å². The first kappa shape index (κ1) is 25.5. The summed E-state index contributed by atoms with van der Waals surface area (Å²) in [6.45, 7) is 4.20. The number of hydrogen-bond acceptors (Lipinski definition) is 3. The van der Waals surface area contributed by atoms with Crippen molar-refractivity contribution < 1.29 is 27.4 Å². The molecule has 36 heavy (non-hydrogen) atoms. The average Bonchev–Trinajstić information content (AvgIpc) is 2.88. The van der Waals surface area contributed by atoms with Crippen LogP contribution in [-0.4, -0.2) is 12.6 Å². The van der Waals surface area contributed by atoms with Crippen LogP contribution in [0.2, 0.25) is 0 Å². The molecule has 6 heteroatoms. The Kier molecular flexibility index (Phi) is 8.14.